The van der Waals surface area contributed by atoms with Crippen molar-refractivity contribution >= 4 is 38.6 Å². The third-order valence-electron chi connectivity index (χ3n) is 7.57. The van der Waals surface area contributed by atoms with Crippen LogP contribution in [0.1, 0.15) is 43.4 Å². The Hall–Kier alpha value is -1.44. The molecule has 0 fully saturated rings. The Labute approximate surface area is 224 Å². The summed E-state index contributed by atoms with van der Waals surface area (Å²) in [5, 5.41) is 5.55. The third-order valence-corrected chi connectivity index (χ3v) is 28.9. The van der Waals surface area contributed by atoms with Crippen molar-refractivity contribution in [3.8, 4) is 0 Å². The van der Waals surface area contributed by atoms with Gasteiger partial charge in [0.2, 0.25) is 0 Å². The van der Waals surface area contributed by atoms with Gasteiger partial charge in [-0.15, -0.1) is 0 Å². The molecule has 0 nitrogen and oxygen atoms in total. The fourth-order valence-corrected chi connectivity index (χ4v) is 27.4. The van der Waals surface area contributed by atoms with Crippen LogP contribution in [-0.4, -0.2) is 5.92 Å². The number of fused-ring (bicyclic) bond motifs is 4. The molecule has 0 radical (unpaired) electrons. The number of halogens is 2. The molecule has 0 N–H and O–H groups in total. The first-order valence-electron chi connectivity index (χ1n) is 11.8. The maximum absolute atomic E-state index is 2.67. The number of allylic oxidation sites excluding steroid dienone is 4. The number of benzene rings is 4. The molecule has 0 saturated heterocycles. The van der Waals surface area contributed by atoms with E-state index in [-0.39, 0.29) is 24.8 Å². The van der Waals surface area contributed by atoms with Gasteiger partial charge in [-0.25, -0.2) is 0 Å². The van der Waals surface area contributed by atoms with Crippen LogP contribution in [0, 0.1) is 0 Å². The molecule has 4 aromatic carbocycles. The Morgan fingerprint density at radius 2 is 0.941 bits per heavy atom. The minimum atomic E-state index is -1.89. The van der Waals surface area contributed by atoms with Crippen LogP contribution in [0.5, 0.6) is 0 Å². The van der Waals surface area contributed by atoms with Gasteiger partial charge in [-0.1, -0.05) is 0 Å². The van der Waals surface area contributed by atoms with Crippen molar-refractivity contribution in [2.75, 3.05) is 0 Å². The fraction of sp³-hybridized carbons (Fsp3) is 0.200. The van der Waals surface area contributed by atoms with Gasteiger partial charge in [0.1, 0.15) is 0 Å². The van der Waals surface area contributed by atoms with Crippen molar-refractivity contribution < 1.29 is 45.7 Å². The van der Waals surface area contributed by atoms with Crippen molar-refractivity contribution in [2.45, 2.75) is 34.2 Å². The Morgan fingerprint density at radius 3 is 1.29 bits per heavy atom. The SMILES string of the molecule is CC1=C[CH]([Zr+2]([CH]2C=C(C)c3cc4ccccc4cc32)[SiH](C)C)c2cc3ccccc3cc21.[Cl-].[Cl-]. The van der Waals surface area contributed by atoms with Crippen molar-refractivity contribution in [3.05, 3.63) is 107 Å². The van der Waals surface area contributed by atoms with Crippen molar-refractivity contribution in [1.29, 1.82) is 0 Å². The van der Waals surface area contributed by atoms with Crippen LogP contribution in [0.15, 0.2) is 84.9 Å². The quantitative estimate of drug-likeness (QED) is 0.327. The third kappa shape index (κ3) is 4.11. The molecule has 6 rings (SSSR count). The minimum absolute atomic E-state index is 0. The van der Waals surface area contributed by atoms with Crippen LogP contribution in [0.25, 0.3) is 32.7 Å². The normalized spacial score (nSPS) is 18.1. The summed E-state index contributed by atoms with van der Waals surface area (Å²) in [7, 11) is 0. The van der Waals surface area contributed by atoms with Gasteiger partial charge in [-0.05, 0) is 0 Å². The van der Waals surface area contributed by atoms with E-state index in [4.69, 9.17) is 0 Å². The first-order chi connectivity index (χ1) is 15.5. The second-order valence-corrected chi connectivity index (χ2v) is 30.2. The Kier molecular flexibility index (Phi) is 7.47. The number of rotatable bonds is 3. The largest absolute Gasteiger partial charge is 1.00 e. The molecule has 0 spiro atoms. The van der Waals surface area contributed by atoms with E-state index in [0.717, 1.165) is 0 Å². The van der Waals surface area contributed by atoms with E-state index in [1.54, 1.807) is 11.1 Å². The van der Waals surface area contributed by atoms with Gasteiger partial charge in [-0.3, -0.25) is 0 Å². The van der Waals surface area contributed by atoms with Crippen molar-refractivity contribution in [1.82, 2.24) is 0 Å². The zero-order chi connectivity index (χ0) is 22.0. The molecule has 171 valence electrons. The number of hydrogen-bond donors (Lipinski definition) is 0. The van der Waals surface area contributed by atoms with Crippen LogP contribution in [0.2, 0.25) is 13.1 Å². The summed E-state index contributed by atoms with van der Waals surface area (Å²) >= 11 is -1.89. The molecule has 4 aromatic rings. The van der Waals surface area contributed by atoms with E-state index in [1.807, 2.05) is 0 Å². The summed E-state index contributed by atoms with van der Waals surface area (Å²) in [6.45, 7) is 9.96. The van der Waals surface area contributed by atoms with E-state index in [1.165, 1.54) is 43.8 Å². The molecule has 2 aliphatic carbocycles. The monoisotopic (exact) mass is 577 g/mol. The zero-order valence-corrected chi connectivity index (χ0v) is 25.2. The smallest absolute Gasteiger partial charge is 1.00 e. The summed E-state index contributed by atoms with van der Waals surface area (Å²) in [5.74, 6) is -0.781. The van der Waals surface area contributed by atoms with Crippen LogP contribution < -0.4 is 24.8 Å². The predicted octanol–water partition coefficient (Wildman–Crippen LogP) is 2.22. The zero-order valence-electron chi connectivity index (χ0n) is 20.1. The molecule has 0 saturated carbocycles. The standard InChI is InChI=1S/2C14H11.C2H7Si.2ClH.Zr/c2*1-10-6-7-13-8-11-4-2-3-5-12(11)9-14(10)13;1-3-2;;;/h2*2-9H,1H3;3H,1-2H3;2*1H;/q;;;;;+2/p-2. The Morgan fingerprint density at radius 1 is 0.588 bits per heavy atom. The van der Waals surface area contributed by atoms with Gasteiger partial charge in [0, 0.05) is 0 Å². The summed E-state index contributed by atoms with van der Waals surface area (Å²) < 4.78 is 1.41. The van der Waals surface area contributed by atoms with E-state index < -0.39 is 26.8 Å². The van der Waals surface area contributed by atoms with E-state index in [0.29, 0.717) is 7.25 Å². The molecule has 0 bridgehead atoms. The maximum Gasteiger partial charge on any atom is -1.00 e. The van der Waals surface area contributed by atoms with Crippen molar-refractivity contribution in [3.63, 3.8) is 0 Å². The van der Waals surface area contributed by atoms with Gasteiger partial charge in [0.25, 0.3) is 0 Å². The van der Waals surface area contributed by atoms with E-state index in [2.05, 4.69) is 112 Å². The molecule has 0 aromatic heterocycles. The Balaban J connectivity index is 0.00000137. The van der Waals surface area contributed by atoms with Crippen LogP contribution in [0.4, 0.5) is 0 Å². The molecule has 34 heavy (non-hydrogen) atoms. The molecular weight excluding hydrogens is 551 g/mol. The van der Waals surface area contributed by atoms with Crippen LogP contribution >= 0.6 is 0 Å². The predicted molar refractivity (Wildman–Crippen MR) is 140 cm³/mol. The molecule has 4 heteroatoms. The topological polar surface area (TPSA) is 0 Å². The average molecular weight is 580 g/mol. The maximum atomic E-state index is 2.67. The second-order valence-electron chi connectivity index (χ2n) is 9.88. The molecule has 0 aliphatic heterocycles. The first kappa shape index (κ1) is 25.6. The van der Waals surface area contributed by atoms with Crippen molar-refractivity contribution in [2.24, 2.45) is 0 Å². The Bertz CT molecular complexity index is 1350. The second kappa shape index (κ2) is 9.90. The first-order valence-corrected chi connectivity index (χ1v) is 21.8. The van der Waals surface area contributed by atoms with E-state index in [9.17, 15) is 0 Å². The van der Waals surface area contributed by atoms with Gasteiger partial charge in [0.05, 0.1) is 0 Å². The molecule has 2 unspecified atom stereocenters. The van der Waals surface area contributed by atoms with Gasteiger partial charge in [0.15, 0.2) is 0 Å². The number of hydrogen-bond acceptors (Lipinski definition) is 0. The molecular formula is C30H29Cl2SiZr. The van der Waals surface area contributed by atoms with Crippen LogP contribution in [0.3, 0.4) is 0 Å². The van der Waals surface area contributed by atoms with E-state index >= 15 is 0 Å². The fourth-order valence-electron chi connectivity index (χ4n) is 6.04. The van der Waals surface area contributed by atoms with Crippen LogP contribution in [-0.2, 0) is 20.9 Å². The summed E-state index contributed by atoms with van der Waals surface area (Å²) in [6, 6.07) is 27.8. The molecule has 0 heterocycles. The summed E-state index contributed by atoms with van der Waals surface area (Å²) in [6.07, 6.45) is 5.35. The van der Waals surface area contributed by atoms with Gasteiger partial charge < -0.3 is 24.8 Å². The summed E-state index contributed by atoms with van der Waals surface area (Å²) in [5.41, 5.74) is 9.30. The molecule has 0 amide bonds. The molecule has 2 atom stereocenters. The summed E-state index contributed by atoms with van der Waals surface area (Å²) in [4.78, 5) is 0. The molecule has 2 aliphatic rings. The average Bonchev–Trinajstić information content (AvgIpc) is 3.27. The van der Waals surface area contributed by atoms with Gasteiger partial charge in [-0.2, -0.15) is 0 Å². The minimum Gasteiger partial charge on any atom is -1.00 e. The van der Waals surface area contributed by atoms with Gasteiger partial charge >= 0.3 is 201 Å².